The Morgan fingerprint density at radius 1 is 1.00 bits per heavy atom. The Hall–Kier alpha value is -2.86. The fourth-order valence-electron chi connectivity index (χ4n) is 2.69. The van der Waals surface area contributed by atoms with Crippen molar-refractivity contribution >= 4 is 12.1 Å². The summed E-state index contributed by atoms with van der Waals surface area (Å²) in [6.45, 7) is 5.65. The van der Waals surface area contributed by atoms with Crippen molar-refractivity contribution in [2.75, 3.05) is 13.7 Å². The third-order valence-corrected chi connectivity index (χ3v) is 4.03. The van der Waals surface area contributed by atoms with E-state index in [2.05, 4.69) is 5.32 Å². The summed E-state index contributed by atoms with van der Waals surface area (Å²) in [6.07, 6.45) is 0.312. The van der Waals surface area contributed by atoms with Gasteiger partial charge >= 0.3 is 6.16 Å². The fourth-order valence-corrected chi connectivity index (χ4v) is 2.69. The third-order valence-electron chi connectivity index (χ3n) is 4.03. The van der Waals surface area contributed by atoms with Crippen LogP contribution in [-0.4, -0.2) is 31.4 Å². The van der Waals surface area contributed by atoms with Gasteiger partial charge in [0.2, 0.25) is 5.91 Å². The summed E-state index contributed by atoms with van der Waals surface area (Å²) in [6, 6.07) is 16.5. The first-order valence-electron chi connectivity index (χ1n) is 9.60. The Kier molecular flexibility index (Phi) is 8.21. The van der Waals surface area contributed by atoms with E-state index in [-0.39, 0.29) is 11.9 Å². The Morgan fingerprint density at radius 2 is 1.66 bits per heavy atom. The number of benzene rings is 2. The lowest BCUT2D eigenvalue weighted by Crippen LogP contribution is -2.31. The molecule has 0 saturated heterocycles. The number of carbonyl (C=O) groups excluding carboxylic acids is 2. The highest BCUT2D eigenvalue weighted by Crippen LogP contribution is 2.20. The lowest BCUT2D eigenvalue weighted by molar-refractivity contribution is -0.122. The summed E-state index contributed by atoms with van der Waals surface area (Å²) in [5, 5.41) is 3.00. The van der Waals surface area contributed by atoms with Gasteiger partial charge in [-0.3, -0.25) is 4.79 Å². The van der Waals surface area contributed by atoms with Crippen molar-refractivity contribution < 1.29 is 23.8 Å². The van der Waals surface area contributed by atoms with Gasteiger partial charge in [0.05, 0.1) is 12.6 Å². The second-order valence-electron chi connectivity index (χ2n) is 7.70. The Morgan fingerprint density at radius 3 is 2.24 bits per heavy atom. The SMILES string of the molecule is COCC(NC(=O)CCc1ccccc1)c1ccc(OC(=O)OC(C)(C)C)cc1. The van der Waals surface area contributed by atoms with E-state index < -0.39 is 11.8 Å². The normalized spacial score (nSPS) is 12.1. The van der Waals surface area contributed by atoms with Gasteiger partial charge in [0.25, 0.3) is 0 Å². The third kappa shape index (κ3) is 8.35. The van der Waals surface area contributed by atoms with Crippen LogP contribution >= 0.6 is 0 Å². The van der Waals surface area contributed by atoms with E-state index in [0.717, 1.165) is 11.1 Å². The minimum atomic E-state index is -0.757. The van der Waals surface area contributed by atoms with Crippen LogP contribution in [0.3, 0.4) is 0 Å². The first-order valence-corrected chi connectivity index (χ1v) is 9.60. The van der Waals surface area contributed by atoms with E-state index in [1.54, 1.807) is 52.1 Å². The quantitative estimate of drug-likeness (QED) is 0.525. The van der Waals surface area contributed by atoms with Crippen LogP contribution in [-0.2, 0) is 20.7 Å². The molecule has 1 N–H and O–H groups in total. The number of amides is 1. The standard InChI is InChI=1S/C23H29NO5/c1-23(2,3)29-22(26)28-19-13-11-18(12-14-19)20(16-27-4)24-21(25)15-10-17-8-6-5-7-9-17/h5-9,11-14,20H,10,15-16H2,1-4H3,(H,24,25). The van der Waals surface area contributed by atoms with Crippen LogP contribution < -0.4 is 10.1 Å². The average molecular weight is 399 g/mol. The van der Waals surface area contributed by atoms with Gasteiger partial charge in [-0.1, -0.05) is 42.5 Å². The number of nitrogens with one attached hydrogen (secondary N) is 1. The number of carbonyl (C=O) groups is 2. The molecule has 0 radical (unpaired) electrons. The van der Waals surface area contributed by atoms with Crippen molar-refractivity contribution in [1.29, 1.82) is 0 Å². The van der Waals surface area contributed by atoms with E-state index in [4.69, 9.17) is 14.2 Å². The molecule has 0 aliphatic carbocycles. The van der Waals surface area contributed by atoms with Gasteiger partial charge in [-0.05, 0) is 50.5 Å². The van der Waals surface area contributed by atoms with E-state index in [1.807, 2.05) is 30.3 Å². The Bertz CT molecular complexity index is 781. The Labute approximate surface area is 172 Å². The molecule has 1 atom stereocenters. The van der Waals surface area contributed by atoms with Crippen molar-refractivity contribution in [3.05, 3.63) is 65.7 Å². The highest BCUT2D eigenvalue weighted by Gasteiger charge is 2.19. The van der Waals surface area contributed by atoms with E-state index >= 15 is 0 Å². The van der Waals surface area contributed by atoms with Crippen LogP contribution in [0.2, 0.25) is 0 Å². The smallest absolute Gasteiger partial charge is 0.428 e. The lowest BCUT2D eigenvalue weighted by atomic mass is 10.1. The second kappa shape index (κ2) is 10.6. The van der Waals surface area contributed by atoms with Crippen LogP contribution in [0.15, 0.2) is 54.6 Å². The maximum absolute atomic E-state index is 12.4. The number of rotatable bonds is 8. The molecule has 2 rings (SSSR count). The summed E-state index contributed by atoms with van der Waals surface area (Å²) in [7, 11) is 1.59. The maximum Gasteiger partial charge on any atom is 0.514 e. The molecule has 0 heterocycles. The molecule has 0 aromatic heterocycles. The lowest BCUT2D eigenvalue weighted by Gasteiger charge is -2.20. The molecule has 6 nitrogen and oxygen atoms in total. The first kappa shape index (κ1) is 22.4. The minimum Gasteiger partial charge on any atom is -0.428 e. The van der Waals surface area contributed by atoms with Gasteiger partial charge in [0.1, 0.15) is 11.4 Å². The van der Waals surface area contributed by atoms with E-state index in [1.165, 1.54) is 0 Å². The van der Waals surface area contributed by atoms with Crippen molar-refractivity contribution in [3.63, 3.8) is 0 Å². The van der Waals surface area contributed by atoms with Gasteiger partial charge in [-0.2, -0.15) is 0 Å². The Balaban J connectivity index is 1.93. The molecule has 2 aromatic rings. The van der Waals surface area contributed by atoms with Crippen molar-refractivity contribution in [2.24, 2.45) is 0 Å². The van der Waals surface area contributed by atoms with Gasteiger partial charge < -0.3 is 19.5 Å². The molecule has 6 heteroatoms. The monoisotopic (exact) mass is 399 g/mol. The maximum atomic E-state index is 12.4. The van der Waals surface area contributed by atoms with Crippen LogP contribution in [0.5, 0.6) is 5.75 Å². The zero-order chi connectivity index (χ0) is 21.3. The van der Waals surface area contributed by atoms with Crippen LogP contribution in [0, 0.1) is 0 Å². The summed E-state index contributed by atoms with van der Waals surface area (Å²) >= 11 is 0. The molecular formula is C23H29NO5. The van der Waals surface area contributed by atoms with Crippen molar-refractivity contribution in [1.82, 2.24) is 5.32 Å². The highest BCUT2D eigenvalue weighted by molar-refractivity contribution is 5.76. The zero-order valence-corrected chi connectivity index (χ0v) is 17.4. The molecule has 156 valence electrons. The largest absolute Gasteiger partial charge is 0.514 e. The van der Waals surface area contributed by atoms with Crippen LogP contribution in [0.1, 0.15) is 44.4 Å². The molecule has 29 heavy (non-hydrogen) atoms. The fraction of sp³-hybridized carbons (Fsp3) is 0.391. The molecular weight excluding hydrogens is 370 g/mol. The van der Waals surface area contributed by atoms with Crippen molar-refractivity contribution in [3.8, 4) is 5.75 Å². The predicted molar refractivity (Wildman–Crippen MR) is 111 cm³/mol. The molecule has 0 aliphatic heterocycles. The molecule has 2 aromatic carbocycles. The number of ether oxygens (including phenoxy) is 3. The molecule has 0 fully saturated rings. The molecule has 0 spiro atoms. The summed E-state index contributed by atoms with van der Waals surface area (Å²) in [4.78, 5) is 24.1. The zero-order valence-electron chi connectivity index (χ0n) is 17.4. The first-order chi connectivity index (χ1) is 13.8. The molecule has 0 bridgehead atoms. The molecule has 0 saturated carbocycles. The van der Waals surface area contributed by atoms with E-state index in [0.29, 0.717) is 25.2 Å². The highest BCUT2D eigenvalue weighted by atomic mass is 16.7. The van der Waals surface area contributed by atoms with E-state index in [9.17, 15) is 9.59 Å². The minimum absolute atomic E-state index is 0.0509. The van der Waals surface area contributed by atoms with Crippen molar-refractivity contribution in [2.45, 2.75) is 45.3 Å². The average Bonchev–Trinajstić information content (AvgIpc) is 2.66. The second-order valence-corrected chi connectivity index (χ2v) is 7.70. The molecule has 0 aliphatic rings. The molecule has 1 amide bonds. The molecule has 1 unspecified atom stereocenters. The van der Waals surface area contributed by atoms with Gasteiger partial charge in [-0.15, -0.1) is 0 Å². The number of hydrogen-bond acceptors (Lipinski definition) is 5. The van der Waals surface area contributed by atoms with Gasteiger partial charge in [0, 0.05) is 13.5 Å². The predicted octanol–water partition coefficient (Wildman–Crippen LogP) is 4.44. The number of aryl methyl sites for hydroxylation is 1. The van der Waals surface area contributed by atoms with Gasteiger partial charge in [0.15, 0.2) is 0 Å². The topological polar surface area (TPSA) is 73.9 Å². The van der Waals surface area contributed by atoms with Crippen LogP contribution in [0.4, 0.5) is 4.79 Å². The number of hydrogen-bond donors (Lipinski definition) is 1. The van der Waals surface area contributed by atoms with Crippen LogP contribution in [0.25, 0.3) is 0 Å². The van der Waals surface area contributed by atoms with Gasteiger partial charge in [-0.25, -0.2) is 4.79 Å². The summed E-state index contributed by atoms with van der Waals surface area (Å²) in [5.74, 6) is 0.319. The number of methoxy groups -OCH3 is 1. The summed E-state index contributed by atoms with van der Waals surface area (Å²) in [5.41, 5.74) is 1.36. The summed E-state index contributed by atoms with van der Waals surface area (Å²) < 4.78 is 15.6.